The van der Waals surface area contributed by atoms with Crippen LogP contribution in [0.5, 0.6) is 0 Å². The Bertz CT molecular complexity index is 421. The summed E-state index contributed by atoms with van der Waals surface area (Å²) in [4.78, 5) is 20.4. The zero-order chi connectivity index (χ0) is 20.5. The summed E-state index contributed by atoms with van der Waals surface area (Å²) >= 11 is 0. The van der Waals surface area contributed by atoms with Gasteiger partial charge in [-0.3, -0.25) is 4.90 Å². The molecule has 0 atom stereocenters. The minimum absolute atomic E-state index is 0.522. The van der Waals surface area contributed by atoms with Gasteiger partial charge in [0.25, 0.3) is 0 Å². The van der Waals surface area contributed by atoms with E-state index in [-0.39, 0.29) is 0 Å². The molecule has 7 nitrogen and oxygen atoms in total. The van der Waals surface area contributed by atoms with Crippen LogP contribution in [0.15, 0.2) is 0 Å². The van der Waals surface area contributed by atoms with Gasteiger partial charge in [-0.05, 0) is 12.8 Å². The Kier molecular flexibility index (Phi) is 9.88. The zero-order valence-corrected chi connectivity index (χ0v) is 13.7. The zero-order valence-electron chi connectivity index (χ0n) is 13.7. The monoisotopic (exact) mass is 398 g/mol. The summed E-state index contributed by atoms with van der Waals surface area (Å²) in [5.41, 5.74) is 0. The van der Waals surface area contributed by atoms with Crippen molar-refractivity contribution in [2.24, 2.45) is 0 Å². The number of piperidine rings is 1. The molecule has 13 heteroatoms. The van der Waals surface area contributed by atoms with Crippen molar-refractivity contribution in [3.63, 3.8) is 0 Å². The largest absolute Gasteiger partial charge is 0.490 e. The minimum Gasteiger partial charge on any atom is -0.475 e. The van der Waals surface area contributed by atoms with Crippen molar-refractivity contribution >= 4 is 11.9 Å². The highest BCUT2D eigenvalue weighted by atomic mass is 19.4. The third-order valence-electron chi connectivity index (χ3n) is 3.57. The summed E-state index contributed by atoms with van der Waals surface area (Å²) in [6.45, 7) is 4.84. The number of carboxylic acid groups (broad SMARTS) is 2. The van der Waals surface area contributed by atoms with E-state index in [2.05, 4.69) is 10.2 Å². The SMILES string of the molecule is COC1CCN(C2CNC2)CC1.O=C(O)C(F)(F)F.O=C(O)C(F)(F)F. The molecule has 26 heavy (non-hydrogen) atoms. The lowest BCUT2D eigenvalue weighted by Gasteiger charge is -2.41. The normalized spacial score (nSPS) is 19.3. The smallest absolute Gasteiger partial charge is 0.475 e. The van der Waals surface area contributed by atoms with Crippen LogP contribution < -0.4 is 5.32 Å². The van der Waals surface area contributed by atoms with Crippen LogP contribution in [-0.4, -0.2) is 84.8 Å². The van der Waals surface area contributed by atoms with Crippen LogP contribution in [0.25, 0.3) is 0 Å². The molecule has 2 aliphatic heterocycles. The van der Waals surface area contributed by atoms with Crippen molar-refractivity contribution in [2.75, 3.05) is 33.3 Å². The predicted molar refractivity (Wildman–Crippen MR) is 75.6 cm³/mol. The van der Waals surface area contributed by atoms with Gasteiger partial charge >= 0.3 is 24.3 Å². The molecule has 0 saturated carbocycles. The number of hydrogen-bond acceptors (Lipinski definition) is 5. The average molecular weight is 398 g/mol. The molecular weight excluding hydrogens is 378 g/mol. The molecule has 0 spiro atoms. The van der Waals surface area contributed by atoms with Gasteiger partial charge in [0.05, 0.1) is 6.10 Å². The molecule has 0 unspecified atom stereocenters. The second-order valence-corrected chi connectivity index (χ2v) is 5.39. The standard InChI is InChI=1S/C9H18N2O.2C2HF3O2/c1-12-9-2-4-11(5-3-9)8-6-10-7-8;2*3-2(4,5)1(6)7/h8-10H,2-7H2,1H3;2*(H,6,7). The molecule has 0 amide bonds. The van der Waals surface area contributed by atoms with Crippen LogP contribution in [0.4, 0.5) is 26.3 Å². The number of carbonyl (C=O) groups is 2. The molecule has 154 valence electrons. The van der Waals surface area contributed by atoms with Gasteiger partial charge in [-0.1, -0.05) is 0 Å². The molecule has 0 bridgehead atoms. The maximum atomic E-state index is 10.6. The average Bonchev–Trinajstić information content (AvgIpc) is 2.45. The van der Waals surface area contributed by atoms with Crippen molar-refractivity contribution in [1.82, 2.24) is 10.2 Å². The van der Waals surface area contributed by atoms with E-state index in [1.807, 2.05) is 7.11 Å². The van der Waals surface area contributed by atoms with Gasteiger partial charge in [-0.15, -0.1) is 0 Å². The number of methoxy groups -OCH3 is 1. The van der Waals surface area contributed by atoms with Crippen LogP contribution in [-0.2, 0) is 14.3 Å². The third-order valence-corrected chi connectivity index (χ3v) is 3.57. The van der Waals surface area contributed by atoms with E-state index in [0.29, 0.717) is 6.10 Å². The fourth-order valence-electron chi connectivity index (χ4n) is 2.01. The number of alkyl halides is 6. The van der Waals surface area contributed by atoms with E-state index in [1.54, 1.807) is 0 Å². The highest BCUT2D eigenvalue weighted by molar-refractivity contribution is 5.73. The van der Waals surface area contributed by atoms with E-state index in [0.717, 1.165) is 6.04 Å². The molecular formula is C13H20F6N2O5. The lowest BCUT2D eigenvalue weighted by Crippen LogP contribution is -2.59. The van der Waals surface area contributed by atoms with Crippen LogP contribution in [0.1, 0.15) is 12.8 Å². The molecule has 0 aromatic heterocycles. The first kappa shape index (κ1) is 24.4. The number of hydrogen-bond donors (Lipinski definition) is 3. The molecule has 0 aromatic carbocycles. The molecule has 2 fully saturated rings. The Morgan fingerprint density at radius 1 is 0.962 bits per heavy atom. The van der Waals surface area contributed by atoms with Gasteiger partial charge in [-0.25, -0.2) is 9.59 Å². The highest BCUT2D eigenvalue weighted by Crippen LogP contribution is 2.16. The van der Waals surface area contributed by atoms with Gasteiger partial charge in [0.1, 0.15) is 0 Å². The molecule has 3 N–H and O–H groups in total. The first-order valence-electron chi connectivity index (χ1n) is 7.36. The van der Waals surface area contributed by atoms with E-state index < -0.39 is 24.3 Å². The summed E-state index contributed by atoms with van der Waals surface area (Å²) in [5.74, 6) is -5.51. The summed E-state index contributed by atoms with van der Waals surface area (Å²) in [6.07, 6.45) is -7.21. The fraction of sp³-hybridized carbons (Fsp3) is 0.846. The second kappa shape index (κ2) is 10.5. The molecule has 2 aliphatic rings. The van der Waals surface area contributed by atoms with Gasteiger partial charge in [-0.2, -0.15) is 26.3 Å². The molecule has 0 radical (unpaired) electrons. The molecule has 0 aromatic rings. The minimum atomic E-state index is -5.08. The van der Waals surface area contributed by atoms with Crippen molar-refractivity contribution in [3.05, 3.63) is 0 Å². The summed E-state index contributed by atoms with van der Waals surface area (Å²) in [5, 5.41) is 17.6. The molecule has 2 rings (SSSR count). The Hall–Kier alpha value is -1.60. The van der Waals surface area contributed by atoms with Crippen molar-refractivity contribution in [3.8, 4) is 0 Å². The van der Waals surface area contributed by atoms with Crippen molar-refractivity contribution in [1.29, 1.82) is 0 Å². The molecule has 0 aliphatic carbocycles. The highest BCUT2D eigenvalue weighted by Gasteiger charge is 2.38. The predicted octanol–water partition coefficient (Wildman–Crippen LogP) is 1.34. The van der Waals surface area contributed by atoms with Gasteiger partial charge in [0.15, 0.2) is 0 Å². The summed E-state index contributed by atoms with van der Waals surface area (Å²) in [7, 11) is 1.82. The van der Waals surface area contributed by atoms with Crippen LogP contribution >= 0.6 is 0 Å². The van der Waals surface area contributed by atoms with Crippen molar-refractivity contribution < 1.29 is 50.9 Å². The van der Waals surface area contributed by atoms with Crippen LogP contribution in [0.2, 0.25) is 0 Å². The summed E-state index contributed by atoms with van der Waals surface area (Å²) in [6, 6.07) is 0.822. The first-order valence-corrected chi connectivity index (χ1v) is 7.36. The quantitative estimate of drug-likeness (QED) is 0.604. The van der Waals surface area contributed by atoms with Gasteiger partial charge < -0.3 is 20.3 Å². The van der Waals surface area contributed by atoms with Crippen LogP contribution in [0.3, 0.4) is 0 Å². The van der Waals surface area contributed by atoms with Crippen LogP contribution in [0, 0.1) is 0 Å². The summed E-state index contributed by atoms with van der Waals surface area (Å²) < 4.78 is 68.8. The third kappa shape index (κ3) is 9.77. The lowest BCUT2D eigenvalue weighted by atomic mass is 10.0. The van der Waals surface area contributed by atoms with Gasteiger partial charge in [0, 0.05) is 39.3 Å². The van der Waals surface area contributed by atoms with E-state index in [4.69, 9.17) is 24.5 Å². The Morgan fingerprint density at radius 3 is 1.50 bits per heavy atom. The van der Waals surface area contributed by atoms with E-state index >= 15 is 0 Å². The number of ether oxygens (including phenoxy) is 1. The van der Waals surface area contributed by atoms with Crippen molar-refractivity contribution in [2.45, 2.75) is 37.3 Å². The maximum absolute atomic E-state index is 10.6. The maximum Gasteiger partial charge on any atom is 0.490 e. The van der Waals surface area contributed by atoms with Gasteiger partial charge in [0.2, 0.25) is 0 Å². The Morgan fingerprint density at radius 2 is 1.31 bits per heavy atom. The molecule has 2 saturated heterocycles. The van der Waals surface area contributed by atoms with E-state index in [1.165, 1.54) is 39.0 Å². The number of halogens is 6. The van der Waals surface area contributed by atoms with E-state index in [9.17, 15) is 26.3 Å². The Balaban J connectivity index is 0.000000390. The first-order chi connectivity index (χ1) is 11.8. The fourth-order valence-corrected chi connectivity index (χ4v) is 2.01. The number of likely N-dealkylation sites (tertiary alicyclic amines) is 1. The second-order valence-electron chi connectivity index (χ2n) is 5.39. The lowest BCUT2D eigenvalue weighted by molar-refractivity contribution is -0.193. The number of carboxylic acids is 2. The number of nitrogens with one attached hydrogen (secondary N) is 1. The number of rotatable bonds is 2. The number of aliphatic carboxylic acids is 2. The topological polar surface area (TPSA) is 99.1 Å². The molecule has 2 heterocycles. The number of nitrogens with zero attached hydrogens (tertiary/aromatic N) is 1. The Labute approximate surface area is 144 Å².